The fraction of sp³-hybridized carbons (Fsp3) is 0.700. The van der Waals surface area contributed by atoms with Gasteiger partial charge in [0.05, 0.1) is 16.9 Å². The zero-order chi connectivity index (χ0) is 11.1. The number of hydrogen-bond acceptors (Lipinski definition) is 3. The topological polar surface area (TPSA) is 38.1 Å². The van der Waals surface area contributed by atoms with Crippen LogP contribution in [-0.4, -0.2) is 25.9 Å². The molecule has 3 nitrogen and oxygen atoms in total. The maximum absolute atomic E-state index is 10.7. The van der Waals surface area contributed by atoms with Gasteiger partial charge in [-0.05, 0) is 18.6 Å². The lowest BCUT2D eigenvalue weighted by atomic mass is 9.90. The zero-order valence-electron chi connectivity index (χ0n) is 8.90. The molecule has 0 aromatic carbocycles. The van der Waals surface area contributed by atoms with Crippen molar-refractivity contribution < 1.29 is 5.11 Å². The Kier molecular flexibility index (Phi) is 3.01. The van der Waals surface area contributed by atoms with Gasteiger partial charge < -0.3 is 5.11 Å². The van der Waals surface area contributed by atoms with Crippen LogP contribution >= 0.6 is 23.4 Å². The van der Waals surface area contributed by atoms with Crippen LogP contribution in [0, 0.1) is 0 Å². The van der Waals surface area contributed by atoms with Gasteiger partial charge >= 0.3 is 0 Å². The van der Waals surface area contributed by atoms with E-state index in [0.29, 0.717) is 5.02 Å². The molecule has 1 fully saturated rings. The molecule has 1 saturated heterocycles. The molecular formula is C10H15ClN2OS. The van der Waals surface area contributed by atoms with E-state index in [1.54, 1.807) is 22.6 Å². The first-order valence-corrected chi connectivity index (χ1v) is 6.50. The molecule has 0 amide bonds. The Bertz CT molecular complexity index is 349. The molecule has 15 heavy (non-hydrogen) atoms. The summed E-state index contributed by atoms with van der Waals surface area (Å²) in [5.41, 5.74) is -0.0745. The molecule has 0 saturated carbocycles. The van der Waals surface area contributed by atoms with E-state index >= 15 is 0 Å². The van der Waals surface area contributed by atoms with Crippen LogP contribution in [0.4, 0.5) is 0 Å². The van der Waals surface area contributed by atoms with Crippen LogP contribution in [0.15, 0.2) is 6.20 Å². The van der Waals surface area contributed by atoms with Gasteiger partial charge in [0.25, 0.3) is 0 Å². The molecule has 0 radical (unpaired) electrons. The van der Waals surface area contributed by atoms with E-state index in [4.69, 9.17) is 11.6 Å². The van der Waals surface area contributed by atoms with Crippen molar-refractivity contribution in [3.05, 3.63) is 16.9 Å². The third-order valence-electron chi connectivity index (χ3n) is 3.05. The Labute approximate surface area is 98.8 Å². The van der Waals surface area contributed by atoms with E-state index in [0.717, 1.165) is 24.3 Å². The molecular weight excluding hydrogens is 232 g/mol. The Morgan fingerprint density at radius 2 is 2.47 bits per heavy atom. The predicted molar refractivity (Wildman–Crippen MR) is 63.3 cm³/mol. The molecule has 1 N–H and O–H groups in total. The van der Waals surface area contributed by atoms with Gasteiger partial charge in [-0.1, -0.05) is 18.5 Å². The molecule has 5 heteroatoms. The summed E-state index contributed by atoms with van der Waals surface area (Å²) >= 11 is 7.87. The summed E-state index contributed by atoms with van der Waals surface area (Å²) in [6.45, 7) is 2.05. The van der Waals surface area contributed by atoms with Gasteiger partial charge in [-0.25, -0.2) is 0 Å². The molecule has 1 aromatic heterocycles. The number of thioether (sulfide) groups is 1. The second-order valence-corrected chi connectivity index (χ2v) is 5.86. The predicted octanol–water partition coefficient (Wildman–Crippen LogP) is 2.18. The lowest BCUT2D eigenvalue weighted by molar-refractivity contribution is 0.0176. The summed E-state index contributed by atoms with van der Waals surface area (Å²) in [6, 6.07) is 0. The number of nitrogens with zero attached hydrogens (tertiary/aromatic N) is 2. The largest absolute Gasteiger partial charge is 0.382 e. The van der Waals surface area contributed by atoms with E-state index in [9.17, 15) is 5.11 Å². The summed E-state index contributed by atoms with van der Waals surface area (Å²) in [7, 11) is 1.82. The minimum absolute atomic E-state index is 0.166. The third-order valence-corrected chi connectivity index (χ3v) is 4.74. The van der Waals surface area contributed by atoms with Gasteiger partial charge in [0.15, 0.2) is 0 Å². The summed E-state index contributed by atoms with van der Waals surface area (Å²) in [5.74, 6) is 1.11. The number of aryl methyl sites for hydroxylation is 1. The van der Waals surface area contributed by atoms with Gasteiger partial charge in [0.1, 0.15) is 5.60 Å². The fourth-order valence-electron chi connectivity index (χ4n) is 2.15. The molecule has 2 unspecified atom stereocenters. The van der Waals surface area contributed by atoms with Gasteiger partial charge in [-0.2, -0.15) is 16.9 Å². The van der Waals surface area contributed by atoms with Crippen LogP contribution in [0.2, 0.25) is 5.02 Å². The monoisotopic (exact) mass is 246 g/mol. The highest BCUT2D eigenvalue weighted by Gasteiger charge is 2.42. The molecule has 2 heterocycles. The minimum Gasteiger partial charge on any atom is -0.382 e. The number of hydrogen-bond donors (Lipinski definition) is 1. The van der Waals surface area contributed by atoms with Crippen molar-refractivity contribution in [1.82, 2.24) is 9.78 Å². The van der Waals surface area contributed by atoms with Crippen molar-refractivity contribution in [2.75, 3.05) is 5.75 Å². The van der Waals surface area contributed by atoms with Gasteiger partial charge in [0, 0.05) is 12.3 Å². The number of halogens is 1. The maximum atomic E-state index is 10.7. The average Bonchev–Trinajstić information content (AvgIpc) is 2.52. The highest BCUT2D eigenvalue weighted by molar-refractivity contribution is 8.00. The van der Waals surface area contributed by atoms with Crippen molar-refractivity contribution in [2.45, 2.75) is 30.6 Å². The first kappa shape index (κ1) is 11.3. The van der Waals surface area contributed by atoms with Crippen LogP contribution in [0.25, 0.3) is 0 Å². The maximum Gasteiger partial charge on any atom is 0.119 e. The van der Waals surface area contributed by atoms with E-state index in [2.05, 4.69) is 5.10 Å². The quantitative estimate of drug-likeness (QED) is 0.826. The molecule has 0 bridgehead atoms. The number of aromatic nitrogens is 2. The second-order valence-electron chi connectivity index (χ2n) is 4.01. The summed E-state index contributed by atoms with van der Waals surface area (Å²) in [5, 5.41) is 15.5. The first-order valence-electron chi connectivity index (χ1n) is 5.07. The number of aliphatic hydroxyl groups is 1. The summed E-state index contributed by atoms with van der Waals surface area (Å²) in [4.78, 5) is 0. The standard InChI is InChI=1S/C10H15ClN2OS/c1-7-10(14,4-3-5-15-7)9-8(11)6-12-13(9)2/h6-7,14H,3-5H2,1-2H3. The van der Waals surface area contributed by atoms with Crippen LogP contribution in [0.1, 0.15) is 25.5 Å². The molecule has 2 rings (SSSR count). The minimum atomic E-state index is -0.828. The molecule has 0 spiro atoms. The Morgan fingerprint density at radius 1 is 1.73 bits per heavy atom. The van der Waals surface area contributed by atoms with Crippen molar-refractivity contribution in [3.8, 4) is 0 Å². The molecule has 1 aliphatic heterocycles. The van der Waals surface area contributed by atoms with Crippen molar-refractivity contribution in [3.63, 3.8) is 0 Å². The SMILES string of the molecule is CC1SCCCC1(O)c1c(Cl)cnn1C. The number of rotatable bonds is 1. The van der Waals surface area contributed by atoms with E-state index in [1.807, 2.05) is 14.0 Å². The lowest BCUT2D eigenvalue weighted by Gasteiger charge is -2.37. The molecule has 2 atom stereocenters. The molecule has 1 aromatic rings. The van der Waals surface area contributed by atoms with Crippen LogP contribution in [0.5, 0.6) is 0 Å². The van der Waals surface area contributed by atoms with Gasteiger partial charge in [-0.15, -0.1) is 0 Å². The summed E-state index contributed by atoms with van der Waals surface area (Å²) < 4.78 is 1.69. The second kappa shape index (κ2) is 4.00. The highest BCUT2D eigenvalue weighted by Crippen LogP contribution is 2.43. The van der Waals surface area contributed by atoms with Gasteiger partial charge in [-0.3, -0.25) is 4.68 Å². The average molecular weight is 247 g/mol. The van der Waals surface area contributed by atoms with E-state index in [-0.39, 0.29) is 5.25 Å². The van der Waals surface area contributed by atoms with Crippen molar-refractivity contribution in [2.24, 2.45) is 7.05 Å². The van der Waals surface area contributed by atoms with E-state index < -0.39 is 5.60 Å². The Morgan fingerprint density at radius 3 is 3.00 bits per heavy atom. The molecule has 84 valence electrons. The lowest BCUT2D eigenvalue weighted by Crippen LogP contribution is -2.40. The van der Waals surface area contributed by atoms with E-state index in [1.165, 1.54) is 0 Å². The van der Waals surface area contributed by atoms with Crippen LogP contribution < -0.4 is 0 Å². The fourth-order valence-corrected chi connectivity index (χ4v) is 3.65. The van der Waals surface area contributed by atoms with Crippen LogP contribution in [0.3, 0.4) is 0 Å². The van der Waals surface area contributed by atoms with Gasteiger partial charge in [0.2, 0.25) is 0 Å². The Hall–Kier alpha value is -0.190. The Balaban J connectivity index is 2.43. The van der Waals surface area contributed by atoms with Crippen LogP contribution in [-0.2, 0) is 12.6 Å². The smallest absolute Gasteiger partial charge is 0.119 e. The van der Waals surface area contributed by atoms with Crippen molar-refractivity contribution in [1.29, 1.82) is 0 Å². The zero-order valence-corrected chi connectivity index (χ0v) is 10.5. The first-order chi connectivity index (χ1) is 7.05. The normalized spacial score (nSPS) is 31.9. The molecule has 0 aliphatic carbocycles. The highest BCUT2D eigenvalue weighted by atomic mass is 35.5. The van der Waals surface area contributed by atoms with Crippen molar-refractivity contribution >= 4 is 23.4 Å². The summed E-state index contributed by atoms with van der Waals surface area (Å²) in [6.07, 6.45) is 3.38. The third kappa shape index (κ3) is 1.79. The molecule has 1 aliphatic rings.